The van der Waals surface area contributed by atoms with Crippen LogP contribution in [-0.4, -0.2) is 25.2 Å². The number of nitrogens with one attached hydrogen (secondary N) is 1. The van der Waals surface area contributed by atoms with Crippen molar-refractivity contribution >= 4 is 11.7 Å². The average molecular weight is 277 g/mol. The molecule has 1 aliphatic rings. The Morgan fingerprint density at radius 1 is 1.40 bits per heavy atom. The van der Waals surface area contributed by atoms with Crippen LogP contribution in [-0.2, 0) is 16.0 Å². The first-order chi connectivity index (χ1) is 9.50. The summed E-state index contributed by atoms with van der Waals surface area (Å²) in [6.45, 7) is 4.96. The molecule has 0 spiro atoms. The lowest BCUT2D eigenvalue weighted by molar-refractivity contribution is -0.140. The molecule has 4 nitrogen and oxygen atoms in total. The minimum atomic E-state index is -0.158. The Morgan fingerprint density at radius 2 is 2.20 bits per heavy atom. The number of benzene rings is 1. The van der Waals surface area contributed by atoms with E-state index in [0.717, 1.165) is 37.2 Å². The van der Waals surface area contributed by atoms with Gasteiger partial charge in [0.1, 0.15) is 11.4 Å². The first-order valence-electron chi connectivity index (χ1n) is 7.13. The molecule has 4 heteroatoms. The number of carbonyl (C=O) groups excluding carboxylic acids is 1. The number of carbonyl (C=O) groups is 1. The molecule has 1 heterocycles. The summed E-state index contributed by atoms with van der Waals surface area (Å²) in [5.41, 5.74) is 2.17. The Hall–Kier alpha value is -1.71. The normalized spacial score (nSPS) is 15.8. The maximum Gasteiger partial charge on any atom is 0.305 e. The highest BCUT2D eigenvalue weighted by Gasteiger charge is 2.26. The predicted molar refractivity (Wildman–Crippen MR) is 79.2 cm³/mol. The average Bonchev–Trinajstić information content (AvgIpc) is 2.42. The van der Waals surface area contributed by atoms with Crippen molar-refractivity contribution in [3.05, 3.63) is 23.8 Å². The quantitative estimate of drug-likeness (QED) is 0.663. The standard InChI is InChI=1S/C16H23NO3/c1-16(2)11-17-13-10-12(8-9-14(13)20-16)6-4-5-7-15(18)19-3/h8-10,17H,4-7,11H2,1-3H3. The number of fused-ring (bicyclic) bond motifs is 1. The zero-order valence-electron chi connectivity index (χ0n) is 12.5. The molecule has 0 fully saturated rings. The molecule has 1 aromatic rings. The second kappa shape index (κ2) is 6.16. The minimum Gasteiger partial charge on any atom is -0.484 e. The van der Waals surface area contributed by atoms with Crippen molar-refractivity contribution < 1.29 is 14.3 Å². The third kappa shape index (κ3) is 3.89. The van der Waals surface area contributed by atoms with Gasteiger partial charge in [0.25, 0.3) is 0 Å². The van der Waals surface area contributed by atoms with Crippen molar-refractivity contribution in [2.45, 2.75) is 45.1 Å². The van der Waals surface area contributed by atoms with Gasteiger partial charge in [0.2, 0.25) is 0 Å². The van der Waals surface area contributed by atoms with Crippen LogP contribution in [0.25, 0.3) is 0 Å². The van der Waals surface area contributed by atoms with Crippen LogP contribution in [0.1, 0.15) is 38.7 Å². The zero-order valence-corrected chi connectivity index (χ0v) is 12.5. The molecule has 1 aromatic carbocycles. The molecular weight excluding hydrogens is 254 g/mol. The van der Waals surface area contributed by atoms with Crippen LogP contribution in [0.5, 0.6) is 5.75 Å². The molecule has 0 saturated heterocycles. The SMILES string of the molecule is COC(=O)CCCCc1ccc2c(c1)NCC(C)(C)O2. The van der Waals surface area contributed by atoms with Gasteiger partial charge >= 0.3 is 5.97 Å². The van der Waals surface area contributed by atoms with Gasteiger partial charge in [-0.25, -0.2) is 0 Å². The second-order valence-corrected chi connectivity index (χ2v) is 5.83. The molecule has 110 valence electrons. The van der Waals surface area contributed by atoms with Gasteiger partial charge in [-0.05, 0) is 50.8 Å². The lowest BCUT2D eigenvalue weighted by atomic mass is 10.0. The molecule has 0 atom stereocenters. The Morgan fingerprint density at radius 3 is 2.95 bits per heavy atom. The molecule has 1 aliphatic heterocycles. The zero-order chi connectivity index (χ0) is 14.6. The maximum absolute atomic E-state index is 11.0. The number of hydrogen-bond acceptors (Lipinski definition) is 4. The number of unbranched alkanes of at least 4 members (excludes halogenated alkanes) is 1. The molecule has 0 saturated carbocycles. The van der Waals surface area contributed by atoms with E-state index in [4.69, 9.17) is 4.74 Å². The number of esters is 1. The summed E-state index contributed by atoms with van der Waals surface area (Å²) in [7, 11) is 1.43. The van der Waals surface area contributed by atoms with E-state index in [-0.39, 0.29) is 11.6 Å². The first kappa shape index (κ1) is 14.7. The van der Waals surface area contributed by atoms with Gasteiger partial charge in [0.15, 0.2) is 0 Å². The topological polar surface area (TPSA) is 47.6 Å². The van der Waals surface area contributed by atoms with Crippen LogP contribution in [0.4, 0.5) is 5.69 Å². The third-order valence-electron chi connectivity index (χ3n) is 3.46. The Kier molecular flexibility index (Phi) is 4.53. The van der Waals surface area contributed by atoms with Crippen molar-refractivity contribution in [2.75, 3.05) is 19.0 Å². The van der Waals surface area contributed by atoms with Gasteiger partial charge in [0.05, 0.1) is 19.3 Å². The van der Waals surface area contributed by atoms with Gasteiger partial charge in [-0.2, -0.15) is 0 Å². The second-order valence-electron chi connectivity index (χ2n) is 5.83. The number of ether oxygens (including phenoxy) is 2. The molecule has 0 amide bonds. The van der Waals surface area contributed by atoms with Crippen LogP contribution < -0.4 is 10.1 Å². The van der Waals surface area contributed by atoms with E-state index < -0.39 is 0 Å². The fraction of sp³-hybridized carbons (Fsp3) is 0.562. The third-order valence-corrected chi connectivity index (χ3v) is 3.46. The summed E-state index contributed by atoms with van der Waals surface area (Å²) in [4.78, 5) is 11.0. The van der Waals surface area contributed by atoms with Gasteiger partial charge in [-0.3, -0.25) is 4.79 Å². The van der Waals surface area contributed by atoms with E-state index in [0.29, 0.717) is 6.42 Å². The van der Waals surface area contributed by atoms with E-state index in [1.165, 1.54) is 12.7 Å². The molecule has 0 unspecified atom stereocenters. The Balaban J connectivity index is 1.87. The van der Waals surface area contributed by atoms with Crippen molar-refractivity contribution in [2.24, 2.45) is 0 Å². The van der Waals surface area contributed by atoms with Crippen molar-refractivity contribution in [1.82, 2.24) is 0 Å². The molecule has 2 rings (SSSR count). The highest BCUT2D eigenvalue weighted by atomic mass is 16.5. The smallest absolute Gasteiger partial charge is 0.305 e. The van der Waals surface area contributed by atoms with Crippen molar-refractivity contribution in [3.8, 4) is 5.75 Å². The molecule has 0 bridgehead atoms. The minimum absolute atomic E-state index is 0.132. The summed E-state index contributed by atoms with van der Waals surface area (Å²) in [6.07, 6.45) is 3.31. The summed E-state index contributed by atoms with van der Waals surface area (Å²) in [5.74, 6) is 0.785. The molecule has 20 heavy (non-hydrogen) atoms. The van der Waals surface area contributed by atoms with E-state index >= 15 is 0 Å². The van der Waals surface area contributed by atoms with Gasteiger partial charge < -0.3 is 14.8 Å². The summed E-state index contributed by atoms with van der Waals surface area (Å²) >= 11 is 0. The summed E-state index contributed by atoms with van der Waals surface area (Å²) in [5, 5.41) is 3.41. The molecule has 0 aromatic heterocycles. The number of aryl methyl sites for hydroxylation is 1. The number of methoxy groups -OCH3 is 1. The highest BCUT2D eigenvalue weighted by Crippen LogP contribution is 2.33. The van der Waals surface area contributed by atoms with Crippen molar-refractivity contribution in [1.29, 1.82) is 0 Å². The lowest BCUT2D eigenvalue weighted by Gasteiger charge is -2.33. The van der Waals surface area contributed by atoms with Gasteiger partial charge in [-0.15, -0.1) is 0 Å². The molecule has 0 aliphatic carbocycles. The molecule has 0 radical (unpaired) electrons. The monoisotopic (exact) mass is 277 g/mol. The molecular formula is C16H23NO3. The molecule has 1 N–H and O–H groups in total. The fourth-order valence-corrected chi connectivity index (χ4v) is 2.30. The summed E-state index contributed by atoms with van der Waals surface area (Å²) < 4.78 is 10.6. The lowest BCUT2D eigenvalue weighted by Crippen LogP contribution is -2.40. The number of anilines is 1. The maximum atomic E-state index is 11.0. The number of hydrogen-bond donors (Lipinski definition) is 1. The van der Waals surface area contributed by atoms with Crippen LogP contribution in [0.15, 0.2) is 18.2 Å². The van der Waals surface area contributed by atoms with E-state index in [2.05, 4.69) is 36.0 Å². The van der Waals surface area contributed by atoms with Crippen LogP contribution in [0, 0.1) is 0 Å². The van der Waals surface area contributed by atoms with Crippen LogP contribution >= 0.6 is 0 Å². The van der Waals surface area contributed by atoms with E-state index in [9.17, 15) is 4.79 Å². The number of rotatable bonds is 5. The highest BCUT2D eigenvalue weighted by molar-refractivity contribution is 5.69. The van der Waals surface area contributed by atoms with E-state index in [1.807, 2.05) is 6.07 Å². The van der Waals surface area contributed by atoms with Crippen LogP contribution in [0.2, 0.25) is 0 Å². The van der Waals surface area contributed by atoms with Gasteiger partial charge in [-0.1, -0.05) is 6.07 Å². The van der Waals surface area contributed by atoms with Crippen molar-refractivity contribution in [3.63, 3.8) is 0 Å². The fourth-order valence-electron chi connectivity index (χ4n) is 2.30. The largest absolute Gasteiger partial charge is 0.484 e. The Labute approximate surface area is 120 Å². The predicted octanol–water partition coefficient (Wildman–Crippen LogP) is 3.16. The van der Waals surface area contributed by atoms with Gasteiger partial charge in [0, 0.05) is 6.42 Å². The summed E-state index contributed by atoms with van der Waals surface area (Å²) in [6, 6.07) is 6.27. The Bertz CT molecular complexity index is 483. The first-order valence-corrected chi connectivity index (χ1v) is 7.13. The van der Waals surface area contributed by atoms with E-state index in [1.54, 1.807) is 0 Å². The van der Waals surface area contributed by atoms with Crippen LogP contribution in [0.3, 0.4) is 0 Å².